The Morgan fingerprint density at radius 1 is 1.11 bits per heavy atom. The molecule has 0 aromatic heterocycles. The van der Waals surface area contributed by atoms with E-state index in [1.165, 1.54) is 7.11 Å². The first-order chi connectivity index (χ1) is 16.6. The lowest BCUT2D eigenvalue weighted by molar-refractivity contribution is -0.153. The molecule has 1 aromatic rings. The fourth-order valence-corrected chi connectivity index (χ4v) is 3.64. The van der Waals surface area contributed by atoms with Gasteiger partial charge in [-0.05, 0) is 45.6 Å². The second kappa shape index (κ2) is 12.7. The smallest absolute Gasteiger partial charge is 0.408 e. The summed E-state index contributed by atoms with van der Waals surface area (Å²) < 4.78 is 15.2. The van der Waals surface area contributed by atoms with E-state index in [1.54, 1.807) is 20.8 Å². The number of carbonyl (C=O) groups is 5. The lowest BCUT2D eigenvalue weighted by Crippen LogP contribution is -2.55. The Bertz CT molecular complexity index is 900. The number of nitrogens with one attached hydrogen (secondary N) is 2. The predicted octanol–water partition coefficient (Wildman–Crippen LogP) is 1.93. The molecule has 11 heteroatoms. The summed E-state index contributed by atoms with van der Waals surface area (Å²) in [7, 11) is 1.20. The SMILES string of the molecule is COC(=O)[C@@H]1CC[C@H](C=O)N1C(=O)[C@H](CCNC(=O)OCc1ccccc1)NC(=O)OC(C)(C)C. The Hall–Kier alpha value is -3.63. The number of esters is 1. The molecular formula is C24H33N3O8. The monoisotopic (exact) mass is 491 g/mol. The topological polar surface area (TPSA) is 140 Å². The summed E-state index contributed by atoms with van der Waals surface area (Å²) in [4.78, 5) is 62.7. The van der Waals surface area contributed by atoms with Crippen LogP contribution in [0, 0.1) is 0 Å². The number of methoxy groups -OCH3 is 1. The van der Waals surface area contributed by atoms with Crippen molar-refractivity contribution in [3.8, 4) is 0 Å². The number of hydrogen-bond acceptors (Lipinski definition) is 8. The molecule has 2 rings (SSSR count). The summed E-state index contributed by atoms with van der Waals surface area (Å²) in [5.41, 5.74) is -0.00451. The highest BCUT2D eigenvalue weighted by Gasteiger charge is 2.44. The number of aldehydes is 1. The number of alkyl carbamates (subject to hydrolysis) is 2. The highest BCUT2D eigenvalue weighted by molar-refractivity contribution is 5.92. The highest BCUT2D eigenvalue weighted by Crippen LogP contribution is 2.25. The molecule has 0 spiro atoms. The fraction of sp³-hybridized carbons (Fsp3) is 0.542. The molecule has 0 radical (unpaired) electrons. The maximum atomic E-state index is 13.4. The third kappa shape index (κ3) is 8.58. The molecule has 3 atom stereocenters. The summed E-state index contributed by atoms with van der Waals surface area (Å²) in [6.45, 7) is 5.06. The first kappa shape index (κ1) is 27.6. The van der Waals surface area contributed by atoms with Gasteiger partial charge in [0.25, 0.3) is 0 Å². The normalized spacial score (nSPS) is 18.2. The number of amides is 3. The zero-order valence-electron chi connectivity index (χ0n) is 20.4. The summed E-state index contributed by atoms with van der Waals surface area (Å²) in [5, 5.41) is 5.03. The molecule has 1 aliphatic rings. The Morgan fingerprint density at radius 2 is 1.80 bits per heavy atom. The van der Waals surface area contributed by atoms with Crippen LogP contribution in [0.3, 0.4) is 0 Å². The lowest BCUT2D eigenvalue weighted by Gasteiger charge is -2.31. The Kier molecular flexibility index (Phi) is 10.0. The molecular weight excluding hydrogens is 458 g/mol. The van der Waals surface area contributed by atoms with Crippen LogP contribution in [0.5, 0.6) is 0 Å². The van der Waals surface area contributed by atoms with Gasteiger partial charge in [-0.3, -0.25) is 4.79 Å². The Balaban J connectivity index is 2.06. The van der Waals surface area contributed by atoms with Crippen LogP contribution < -0.4 is 10.6 Å². The van der Waals surface area contributed by atoms with Gasteiger partial charge in [0.2, 0.25) is 5.91 Å². The zero-order valence-corrected chi connectivity index (χ0v) is 20.4. The maximum absolute atomic E-state index is 13.4. The first-order valence-electron chi connectivity index (χ1n) is 11.3. The van der Waals surface area contributed by atoms with E-state index in [4.69, 9.17) is 14.2 Å². The van der Waals surface area contributed by atoms with E-state index >= 15 is 0 Å². The number of carbonyl (C=O) groups excluding carboxylic acids is 5. The third-order valence-corrected chi connectivity index (χ3v) is 5.22. The lowest BCUT2D eigenvalue weighted by atomic mass is 10.1. The second-order valence-electron chi connectivity index (χ2n) is 9.04. The van der Waals surface area contributed by atoms with Gasteiger partial charge in [-0.2, -0.15) is 0 Å². The number of ether oxygens (including phenoxy) is 3. The molecule has 3 amide bonds. The van der Waals surface area contributed by atoms with E-state index in [9.17, 15) is 24.0 Å². The van der Waals surface area contributed by atoms with Crippen LogP contribution >= 0.6 is 0 Å². The number of benzene rings is 1. The standard InChI is InChI=1S/C24H33N3O8/c1-24(2,3)35-23(32)26-18(12-13-25-22(31)34-15-16-8-6-5-7-9-16)20(29)27-17(14-28)10-11-19(27)21(30)33-4/h5-9,14,17-19H,10-13,15H2,1-4H3,(H,25,31)(H,26,32)/t17-,18+,19+/m1/s1. The molecule has 11 nitrogen and oxygen atoms in total. The quantitative estimate of drug-likeness (QED) is 0.303. The molecule has 2 N–H and O–H groups in total. The van der Waals surface area contributed by atoms with Crippen molar-refractivity contribution in [2.24, 2.45) is 0 Å². The van der Waals surface area contributed by atoms with E-state index < -0.39 is 47.8 Å². The van der Waals surface area contributed by atoms with E-state index in [0.29, 0.717) is 6.29 Å². The molecule has 192 valence electrons. The Labute approximate surface area is 204 Å². The van der Waals surface area contributed by atoms with Gasteiger partial charge in [0.15, 0.2) is 0 Å². The highest BCUT2D eigenvalue weighted by atomic mass is 16.6. The molecule has 1 aliphatic heterocycles. The van der Waals surface area contributed by atoms with E-state index in [0.717, 1.165) is 10.5 Å². The average Bonchev–Trinajstić information content (AvgIpc) is 3.24. The number of nitrogens with zero attached hydrogens (tertiary/aromatic N) is 1. The first-order valence-corrected chi connectivity index (χ1v) is 11.3. The van der Waals surface area contributed by atoms with Crippen molar-refractivity contribution in [1.82, 2.24) is 15.5 Å². The van der Waals surface area contributed by atoms with Crippen molar-refractivity contribution in [2.45, 2.75) is 70.4 Å². The predicted molar refractivity (Wildman–Crippen MR) is 124 cm³/mol. The number of rotatable bonds is 9. The largest absolute Gasteiger partial charge is 0.467 e. The molecule has 0 saturated carbocycles. The summed E-state index contributed by atoms with van der Waals surface area (Å²) in [6.07, 6.45) is -0.446. The molecule has 1 heterocycles. The van der Waals surface area contributed by atoms with Crippen molar-refractivity contribution in [3.63, 3.8) is 0 Å². The number of hydrogen-bond donors (Lipinski definition) is 2. The van der Waals surface area contributed by atoms with Crippen LogP contribution in [0.2, 0.25) is 0 Å². The minimum Gasteiger partial charge on any atom is -0.467 e. The van der Waals surface area contributed by atoms with E-state index in [2.05, 4.69) is 10.6 Å². The second-order valence-corrected chi connectivity index (χ2v) is 9.04. The van der Waals surface area contributed by atoms with Crippen molar-refractivity contribution < 1.29 is 38.2 Å². The molecule has 1 fully saturated rings. The summed E-state index contributed by atoms with van der Waals surface area (Å²) in [5.74, 6) is -1.30. The Morgan fingerprint density at radius 3 is 2.40 bits per heavy atom. The van der Waals surface area contributed by atoms with Crippen molar-refractivity contribution in [1.29, 1.82) is 0 Å². The molecule has 1 aromatic carbocycles. The van der Waals surface area contributed by atoms with Gasteiger partial charge < -0.3 is 34.5 Å². The third-order valence-electron chi connectivity index (χ3n) is 5.22. The van der Waals surface area contributed by atoms with Gasteiger partial charge in [0, 0.05) is 6.54 Å². The van der Waals surface area contributed by atoms with E-state index in [1.807, 2.05) is 30.3 Å². The average molecular weight is 492 g/mol. The van der Waals surface area contributed by atoms with Crippen LogP contribution in [-0.2, 0) is 35.2 Å². The van der Waals surface area contributed by atoms with Crippen LogP contribution in [0.15, 0.2) is 30.3 Å². The van der Waals surface area contributed by atoms with Gasteiger partial charge in [0.1, 0.15) is 30.6 Å². The van der Waals surface area contributed by atoms with Gasteiger partial charge in [-0.15, -0.1) is 0 Å². The maximum Gasteiger partial charge on any atom is 0.408 e. The van der Waals surface area contributed by atoms with Gasteiger partial charge in [0.05, 0.1) is 13.2 Å². The van der Waals surface area contributed by atoms with Gasteiger partial charge in [-0.1, -0.05) is 30.3 Å². The van der Waals surface area contributed by atoms with Crippen LogP contribution in [0.25, 0.3) is 0 Å². The molecule has 0 aliphatic carbocycles. The van der Waals surface area contributed by atoms with Gasteiger partial charge >= 0.3 is 18.2 Å². The van der Waals surface area contributed by atoms with Crippen molar-refractivity contribution in [3.05, 3.63) is 35.9 Å². The van der Waals surface area contributed by atoms with Crippen LogP contribution in [0.1, 0.15) is 45.6 Å². The fourth-order valence-electron chi connectivity index (χ4n) is 3.64. The van der Waals surface area contributed by atoms with Crippen LogP contribution in [0.4, 0.5) is 9.59 Å². The molecule has 0 unspecified atom stereocenters. The van der Waals surface area contributed by atoms with Crippen molar-refractivity contribution >= 4 is 30.3 Å². The van der Waals surface area contributed by atoms with Gasteiger partial charge in [-0.25, -0.2) is 14.4 Å². The minimum absolute atomic E-state index is 0.0255. The summed E-state index contributed by atoms with van der Waals surface area (Å²) in [6, 6.07) is 6.15. The van der Waals surface area contributed by atoms with Crippen molar-refractivity contribution in [2.75, 3.05) is 13.7 Å². The zero-order chi connectivity index (χ0) is 26.0. The molecule has 1 saturated heterocycles. The minimum atomic E-state index is -1.17. The van der Waals surface area contributed by atoms with E-state index in [-0.39, 0.29) is 32.4 Å². The molecule has 35 heavy (non-hydrogen) atoms. The number of likely N-dealkylation sites (tertiary alicyclic amines) is 1. The molecule has 0 bridgehead atoms. The van der Waals surface area contributed by atoms with Crippen LogP contribution in [-0.4, -0.2) is 72.6 Å². The summed E-state index contributed by atoms with van der Waals surface area (Å²) >= 11 is 0.